The van der Waals surface area contributed by atoms with Gasteiger partial charge in [0.2, 0.25) is 0 Å². The smallest absolute Gasteiger partial charge is 0.123 e. The Morgan fingerprint density at radius 1 is 0.800 bits per heavy atom. The highest BCUT2D eigenvalue weighted by Gasteiger charge is 2.09. The minimum Gasteiger partial charge on any atom is -0.207 e. The van der Waals surface area contributed by atoms with Gasteiger partial charge in [-0.25, -0.2) is 4.39 Å². The molecule has 2 rings (SSSR count). The monoisotopic (exact) mass is 220 g/mol. The fourth-order valence-electron chi connectivity index (χ4n) is 1.45. The van der Waals surface area contributed by atoms with Crippen molar-refractivity contribution in [3.05, 3.63) is 71.5 Å². The third-order valence-electron chi connectivity index (χ3n) is 2.25. The van der Waals surface area contributed by atoms with E-state index in [4.69, 9.17) is 11.6 Å². The fourth-order valence-corrected chi connectivity index (χ4v) is 1.74. The van der Waals surface area contributed by atoms with Gasteiger partial charge in [-0.3, -0.25) is 0 Å². The molecule has 0 aromatic heterocycles. The van der Waals surface area contributed by atoms with Crippen molar-refractivity contribution in [2.75, 3.05) is 0 Å². The SMILES string of the molecule is Fc1ccc([C@H](Cl)c2ccccc2)cc1. The van der Waals surface area contributed by atoms with Crippen LogP contribution in [0.1, 0.15) is 16.5 Å². The van der Waals surface area contributed by atoms with Crippen LogP contribution in [0.5, 0.6) is 0 Å². The van der Waals surface area contributed by atoms with Crippen LogP contribution < -0.4 is 0 Å². The van der Waals surface area contributed by atoms with Crippen LogP contribution >= 0.6 is 11.6 Å². The summed E-state index contributed by atoms with van der Waals surface area (Å²) in [5, 5.41) is -0.216. The first-order chi connectivity index (χ1) is 7.27. The molecule has 0 radical (unpaired) electrons. The highest BCUT2D eigenvalue weighted by Crippen LogP contribution is 2.28. The molecule has 2 aromatic carbocycles. The maximum Gasteiger partial charge on any atom is 0.123 e. The lowest BCUT2D eigenvalue weighted by molar-refractivity contribution is 0.627. The van der Waals surface area contributed by atoms with E-state index in [9.17, 15) is 4.39 Å². The van der Waals surface area contributed by atoms with Crippen LogP contribution in [0.2, 0.25) is 0 Å². The van der Waals surface area contributed by atoms with Gasteiger partial charge >= 0.3 is 0 Å². The molecule has 0 aliphatic heterocycles. The second-order valence-corrected chi connectivity index (χ2v) is 3.76. The normalized spacial score (nSPS) is 12.4. The van der Waals surface area contributed by atoms with Gasteiger partial charge in [-0.15, -0.1) is 11.6 Å². The predicted octanol–water partition coefficient (Wildman–Crippen LogP) is 4.15. The fraction of sp³-hybridized carbons (Fsp3) is 0.0769. The second kappa shape index (κ2) is 4.45. The van der Waals surface area contributed by atoms with Gasteiger partial charge in [0, 0.05) is 0 Å². The highest BCUT2D eigenvalue weighted by molar-refractivity contribution is 6.22. The van der Waals surface area contributed by atoms with Gasteiger partial charge in [0.25, 0.3) is 0 Å². The van der Waals surface area contributed by atoms with Crippen LogP contribution in [0.4, 0.5) is 4.39 Å². The number of alkyl halides is 1. The zero-order chi connectivity index (χ0) is 10.7. The molecule has 0 aliphatic carbocycles. The lowest BCUT2D eigenvalue weighted by Crippen LogP contribution is -1.92. The van der Waals surface area contributed by atoms with E-state index in [1.165, 1.54) is 12.1 Å². The number of benzene rings is 2. The minimum atomic E-state index is -0.240. The predicted molar refractivity (Wildman–Crippen MR) is 60.5 cm³/mol. The summed E-state index contributed by atoms with van der Waals surface area (Å²) < 4.78 is 12.7. The molecule has 15 heavy (non-hydrogen) atoms. The lowest BCUT2D eigenvalue weighted by Gasteiger charge is -2.09. The average molecular weight is 221 g/mol. The molecule has 0 bridgehead atoms. The van der Waals surface area contributed by atoms with E-state index in [2.05, 4.69) is 0 Å². The van der Waals surface area contributed by atoms with E-state index >= 15 is 0 Å². The van der Waals surface area contributed by atoms with Crippen LogP contribution in [-0.2, 0) is 0 Å². The summed E-state index contributed by atoms with van der Waals surface area (Å²) in [4.78, 5) is 0. The van der Waals surface area contributed by atoms with E-state index in [-0.39, 0.29) is 11.2 Å². The molecule has 0 spiro atoms. The molecule has 2 heteroatoms. The van der Waals surface area contributed by atoms with Gasteiger partial charge in [-0.1, -0.05) is 42.5 Å². The van der Waals surface area contributed by atoms with Crippen LogP contribution in [-0.4, -0.2) is 0 Å². The van der Waals surface area contributed by atoms with E-state index in [0.717, 1.165) is 11.1 Å². The Hall–Kier alpha value is -1.34. The topological polar surface area (TPSA) is 0 Å². The molecule has 0 nitrogen and oxygen atoms in total. The number of hydrogen-bond donors (Lipinski definition) is 0. The van der Waals surface area contributed by atoms with E-state index in [1.807, 2.05) is 30.3 Å². The van der Waals surface area contributed by atoms with Crippen LogP contribution in [0.3, 0.4) is 0 Å². The van der Waals surface area contributed by atoms with Gasteiger partial charge in [-0.2, -0.15) is 0 Å². The summed E-state index contributed by atoms with van der Waals surface area (Å²) in [6.45, 7) is 0. The van der Waals surface area contributed by atoms with Gasteiger partial charge in [0.1, 0.15) is 5.82 Å². The summed E-state index contributed by atoms with van der Waals surface area (Å²) in [5.74, 6) is -0.240. The molecule has 0 unspecified atom stereocenters. The Bertz CT molecular complexity index is 422. The van der Waals surface area contributed by atoms with Crippen LogP contribution in [0.25, 0.3) is 0 Å². The average Bonchev–Trinajstić information content (AvgIpc) is 2.30. The van der Waals surface area contributed by atoms with Crippen molar-refractivity contribution in [1.29, 1.82) is 0 Å². The molecule has 76 valence electrons. The van der Waals surface area contributed by atoms with Gasteiger partial charge in [-0.05, 0) is 23.3 Å². The lowest BCUT2D eigenvalue weighted by atomic mass is 10.0. The van der Waals surface area contributed by atoms with Crippen molar-refractivity contribution in [2.24, 2.45) is 0 Å². The summed E-state index contributed by atoms with van der Waals surface area (Å²) in [6.07, 6.45) is 0. The summed E-state index contributed by atoms with van der Waals surface area (Å²) in [7, 11) is 0. The van der Waals surface area contributed by atoms with Crippen LogP contribution in [0, 0.1) is 5.82 Å². The zero-order valence-electron chi connectivity index (χ0n) is 8.03. The first kappa shape index (κ1) is 10.2. The molecule has 1 atom stereocenters. The minimum absolute atomic E-state index is 0.216. The molecule has 0 aliphatic rings. The molecule has 0 fully saturated rings. The third-order valence-corrected chi connectivity index (χ3v) is 2.76. The first-order valence-corrected chi connectivity index (χ1v) is 5.15. The maximum absolute atomic E-state index is 12.7. The van der Waals surface area contributed by atoms with Crippen molar-refractivity contribution < 1.29 is 4.39 Å². The number of rotatable bonds is 2. The van der Waals surface area contributed by atoms with E-state index in [0.29, 0.717) is 0 Å². The van der Waals surface area contributed by atoms with Gasteiger partial charge in [0.05, 0.1) is 5.38 Å². The van der Waals surface area contributed by atoms with Gasteiger partial charge < -0.3 is 0 Å². The molecule has 0 heterocycles. The molecule has 0 amide bonds. The van der Waals surface area contributed by atoms with Crippen molar-refractivity contribution in [3.8, 4) is 0 Å². The van der Waals surface area contributed by atoms with E-state index in [1.54, 1.807) is 12.1 Å². The second-order valence-electron chi connectivity index (χ2n) is 3.32. The quantitative estimate of drug-likeness (QED) is 0.667. The number of hydrogen-bond acceptors (Lipinski definition) is 0. The summed E-state index contributed by atoms with van der Waals surface area (Å²) >= 11 is 6.26. The Morgan fingerprint density at radius 2 is 1.33 bits per heavy atom. The largest absolute Gasteiger partial charge is 0.207 e. The summed E-state index contributed by atoms with van der Waals surface area (Å²) in [6, 6.07) is 16.0. The first-order valence-electron chi connectivity index (χ1n) is 4.72. The summed E-state index contributed by atoms with van der Waals surface area (Å²) in [5.41, 5.74) is 1.93. The van der Waals surface area contributed by atoms with Crippen molar-refractivity contribution in [1.82, 2.24) is 0 Å². The standard InChI is InChI=1S/C13H10ClF/c14-13(10-4-2-1-3-5-10)11-6-8-12(15)9-7-11/h1-9,13H/t13-/m1/s1. The highest BCUT2D eigenvalue weighted by atomic mass is 35.5. The maximum atomic E-state index is 12.7. The Balaban J connectivity index is 2.29. The molecule has 0 saturated carbocycles. The zero-order valence-corrected chi connectivity index (χ0v) is 8.79. The van der Waals surface area contributed by atoms with Gasteiger partial charge in [0.15, 0.2) is 0 Å². The molecular weight excluding hydrogens is 211 g/mol. The third kappa shape index (κ3) is 2.37. The van der Waals surface area contributed by atoms with Crippen molar-refractivity contribution >= 4 is 11.6 Å². The molecular formula is C13H10ClF. The number of halogens is 2. The Kier molecular flexibility index (Phi) is 3.02. The van der Waals surface area contributed by atoms with Crippen molar-refractivity contribution in [2.45, 2.75) is 5.38 Å². The Morgan fingerprint density at radius 3 is 1.93 bits per heavy atom. The molecule has 2 aromatic rings. The van der Waals surface area contributed by atoms with Crippen LogP contribution in [0.15, 0.2) is 54.6 Å². The van der Waals surface area contributed by atoms with E-state index < -0.39 is 0 Å². The molecule has 0 saturated heterocycles. The Labute approximate surface area is 93.3 Å². The molecule has 0 N–H and O–H groups in total. The van der Waals surface area contributed by atoms with Crippen molar-refractivity contribution in [3.63, 3.8) is 0 Å².